The van der Waals surface area contributed by atoms with Crippen molar-refractivity contribution >= 4 is 17.5 Å². The highest BCUT2D eigenvalue weighted by molar-refractivity contribution is 6.07. The summed E-state index contributed by atoms with van der Waals surface area (Å²) in [5.74, 6) is -0.683. The minimum atomic E-state index is -0.971. The van der Waals surface area contributed by atoms with E-state index in [1.54, 1.807) is 4.90 Å². The Morgan fingerprint density at radius 1 is 0.941 bits per heavy atom. The molecule has 0 amide bonds. The lowest BCUT2D eigenvalue weighted by atomic mass is 9.63. The van der Waals surface area contributed by atoms with E-state index < -0.39 is 11.9 Å². The molecule has 0 radical (unpaired) electrons. The Morgan fingerprint density at radius 3 is 1.88 bits per heavy atom. The van der Waals surface area contributed by atoms with Crippen LogP contribution in [0.5, 0.6) is 5.75 Å². The standard InChI is InChI=1S/C28H35NO5/c1-6-11-34-18-9-7-17(8-10-18)24-25-19(12-27(2,3)14-21(25)30)29(16-23(32)33)20-13-28(4,5)15-22(31)26(20)24/h7-10,24H,6,11-16H2,1-5H3,(H,32,33). The summed E-state index contributed by atoms with van der Waals surface area (Å²) in [6.45, 7) is 10.6. The average molecular weight is 466 g/mol. The third-order valence-corrected chi connectivity index (χ3v) is 7.00. The topological polar surface area (TPSA) is 83.9 Å². The molecule has 1 N–H and O–H groups in total. The number of Topliss-reactive ketones (excluding diaryl/α,β-unsaturated/α-hetero) is 2. The molecular weight excluding hydrogens is 430 g/mol. The van der Waals surface area contributed by atoms with Gasteiger partial charge in [-0.15, -0.1) is 0 Å². The first-order chi connectivity index (χ1) is 15.9. The molecule has 0 fully saturated rings. The van der Waals surface area contributed by atoms with Gasteiger partial charge in [0, 0.05) is 41.3 Å². The van der Waals surface area contributed by atoms with Crippen molar-refractivity contribution in [2.24, 2.45) is 10.8 Å². The molecule has 3 aliphatic rings. The number of aliphatic carboxylic acids is 1. The Morgan fingerprint density at radius 2 is 1.44 bits per heavy atom. The second kappa shape index (κ2) is 8.71. The van der Waals surface area contributed by atoms with Crippen LogP contribution in [-0.4, -0.2) is 40.7 Å². The molecule has 0 saturated heterocycles. The maximum absolute atomic E-state index is 13.6. The van der Waals surface area contributed by atoms with Crippen LogP contribution < -0.4 is 4.74 Å². The summed E-state index contributed by atoms with van der Waals surface area (Å²) >= 11 is 0. The molecule has 4 rings (SSSR count). The first kappa shape index (κ1) is 24.2. The van der Waals surface area contributed by atoms with Gasteiger partial charge in [0.05, 0.1) is 6.61 Å². The highest BCUT2D eigenvalue weighted by atomic mass is 16.5. The van der Waals surface area contributed by atoms with Gasteiger partial charge >= 0.3 is 5.97 Å². The molecule has 0 spiro atoms. The monoisotopic (exact) mass is 465 g/mol. The number of carboxylic acids is 1. The molecule has 0 atom stereocenters. The Labute approximate surface area is 201 Å². The van der Waals surface area contributed by atoms with Crippen LogP contribution in [0, 0.1) is 10.8 Å². The SMILES string of the molecule is CCCOc1ccc(C2C3=C(CC(C)(C)CC3=O)N(CC(=O)O)C3=C2C(=O)CC(C)(C)C3)cc1. The van der Waals surface area contributed by atoms with Gasteiger partial charge in [-0.1, -0.05) is 46.8 Å². The molecule has 0 saturated carbocycles. The maximum atomic E-state index is 13.6. The minimum Gasteiger partial charge on any atom is -0.494 e. The van der Waals surface area contributed by atoms with Crippen LogP contribution in [0.3, 0.4) is 0 Å². The number of carboxylic acid groups (broad SMARTS) is 1. The fourth-order valence-corrected chi connectivity index (χ4v) is 5.68. The van der Waals surface area contributed by atoms with Crippen molar-refractivity contribution in [3.63, 3.8) is 0 Å². The summed E-state index contributed by atoms with van der Waals surface area (Å²) in [4.78, 5) is 40.9. The molecule has 1 aromatic carbocycles. The van der Waals surface area contributed by atoms with Crippen LogP contribution in [-0.2, 0) is 14.4 Å². The van der Waals surface area contributed by atoms with Crippen LogP contribution >= 0.6 is 0 Å². The first-order valence-electron chi connectivity index (χ1n) is 12.2. The van der Waals surface area contributed by atoms with E-state index in [0.717, 1.165) is 29.1 Å². The van der Waals surface area contributed by atoms with E-state index in [9.17, 15) is 19.5 Å². The smallest absolute Gasteiger partial charge is 0.323 e. The van der Waals surface area contributed by atoms with Crippen molar-refractivity contribution in [2.45, 2.75) is 72.6 Å². The van der Waals surface area contributed by atoms with Crippen molar-refractivity contribution < 1.29 is 24.2 Å². The van der Waals surface area contributed by atoms with Crippen molar-refractivity contribution in [3.05, 3.63) is 52.4 Å². The van der Waals surface area contributed by atoms with Gasteiger partial charge in [0.25, 0.3) is 0 Å². The maximum Gasteiger partial charge on any atom is 0.323 e. The van der Waals surface area contributed by atoms with Gasteiger partial charge in [0.15, 0.2) is 11.6 Å². The van der Waals surface area contributed by atoms with Crippen LogP contribution in [0.4, 0.5) is 0 Å². The Bertz CT molecular complexity index is 1040. The number of rotatable bonds is 6. The molecule has 1 aliphatic heterocycles. The molecule has 2 aliphatic carbocycles. The number of benzene rings is 1. The quantitative estimate of drug-likeness (QED) is 0.618. The lowest BCUT2D eigenvalue weighted by Gasteiger charge is -2.48. The Balaban J connectivity index is 1.92. The van der Waals surface area contributed by atoms with E-state index in [-0.39, 0.29) is 28.9 Å². The van der Waals surface area contributed by atoms with Crippen LogP contribution in [0.1, 0.15) is 78.2 Å². The number of allylic oxidation sites excluding steroid dienone is 4. The van der Waals surface area contributed by atoms with Gasteiger partial charge in [-0.25, -0.2) is 0 Å². The first-order valence-corrected chi connectivity index (χ1v) is 12.2. The van der Waals surface area contributed by atoms with E-state index in [4.69, 9.17) is 4.74 Å². The van der Waals surface area contributed by atoms with E-state index in [1.807, 2.05) is 58.9 Å². The number of hydrogen-bond donors (Lipinski definition) is 1. The average Bonchev–Trinajstić information content (AvgIpc) is 2.72. The number of hydrogen-bond acceptors (Lipinski definition) is 5. The lowest BCUT2D eigenvalue weighted by Crippen LogP contribution is -2.45. The molecule has 1 aromatic rings. The molecule has 0 bridgehead atoms. The second-order valence-electron chi connectivity index (χ2n) is 11.4. The predicted molar refractivity (Wildman–Crippen MR) is 129 cm³/mol. The van der Waals surface area contributed by atoms with Crippen LogP contribution in [0.15, 0.2) is 46.8 Å². The summed E-state index contributed by atoms with van der Waals surface area (Å²) in [5.41, 5.74) is 3.04. The summed E-state index contributed by atoms with van der Waals surface area (Å²) in [5, 5.41) is 9.75. The Hall–Kier alpha value is -2.89. The number of ketones is 2. The number of nitrogens with zero attached hydrogens (tertiary/aromatic N) is 1. The molecular formula is C28H35NO5. The molecule has 6 nitrogen and oxygen atoms in total. The number of carbonyl (C=O) groups excluding carboxylic acids is 2. The summed E-state index contributed by atoms with van der Waals surface area (Å²) in [6.07, 6.45) is 2.86. The fourth-order valence-electron chi connectivity index (χ4n) is 5.68. The molecule has 6 heteroatoms. The van der Waals surface area contributed by atoms with E-state index >= 15 is 0 Å². The van der Waals surface area contributed by atoms with Gasteiger partial charge < -0.3 is 14.7 Å². The van der Waals surface area contributed by atoms with Crippen molar-refractivity contribution in [2.75, 3.05) is 13.2 Å². The highest BCUT2D eigenvalue weighted by Gasteiger charge is 2.49. The molecule has 34 heavy (non-hydrogen) atoms. The molecule has 1 heterocycles. The fraction of sp³-hybridized carbons (Fsp3) is 0.536. The van der Waals surface area contributed by atoms with Crippen LogP contribution in [0.25, 0.3) is 0 Å². The molecule has 0 unspecified atom stereocenters. The van der Waals surface area contributed by atoms with Crippen molar-refractivity contribution in [1.82, 2.24) is 4.90 Å². The minimum absolute atomic E-state index is 0.00197. The predicted octanol–water partition coefficient (Wildman–Crippen LogP) is 5.25. The summed E-state index contributed by atoms with van der Waals surface area (Å²) < 4.78 is 5.74. The summed E-state index contributed by atoms with van der Waals surface area (Å²) in [7, 11) is 0. The number of carbonyl (C=O) groups is 3. The van der Waals surface area contributed by atoms with Gasteiger partial charge in [-0.05, 0) is 47.8 Å². The van der Waals surface area contributed by atoms with Gasteiger partial charge in [0.1, 0.15) is 12.3 Å². The van der Waals surface area contributed by atoms with Crippen LogP contribution in [0.2, 0.25) is 0 Å². The zero-order valence-electron chi connectivity index (χ0n) is 20.9. The zero-order chi connectivity index (χ0) is 24.8. The van der Waals surface area contributed by atoms with Crippen molar-refractivity contribution in [3.8, 4) is 5.75 Å². The molecule has 182 valence electrons. The van der Waals surface area contributed by atoms with E-state index in [0.29, 0.717) is 43.4 Å². The lowest BCUT2D eigenvalue weighted by molar-refractivity contribution is -0.138. The highest BCUT2D eigenvalue weighted by Crippen LogP contribution is 2.54. The second-order valence-corrected chi connectivity index (χ2v) is 11.4. The molecule has 0 aromatic heterocycles. The van der Waals surface area contributed by atoms with Gasteiger partial charge in [-0.3, -0.25) is 14.4 Å². The third-order valence-electron chi connectivity index (χ3n) is 7.00. The summed E-state index contributed by atoms with van der Waals surface area (Å²) in [6, 6.07) is 7.67. The Kier molecular flexibility index (Phi) is 6.21. The number of ether oxygens (including phenoxy) is 1. The largest absolute Gasteiger partial charge is 0.494 e. The van der Waals surface area contributed by atoms with E-state index in [2.05, 4.69) is 0 Å². The third kappa shape index (κ3) is 4.55. The zero-order valence-corrected chi connectivity index (χ0v) is 20.9. The van der Waals surface area contributed by atoms with Gasteiger partial charge in [-0.2, -0.15) is 0 Å². The van der Waals surface area contributed by atoms with E-state index in [1.165, 1.54) is 0 Å². The normalized spacial score (nSPS) is 22.0. The van der Waals surface area contributed by atoms with Gasteiger partial charge in [0.2, 0.25) is 0 Å². The van der Waals surface area contributed by atoms with Crippen molar-refractivity contribution in [1.29, 1.82) is 0 Å².